The van der Waals surface area contributed by atoms with Crippen LogP contribution in [0.1, 0.15) is 40.7 Å². The van der Waals surface area contributed by atoms with E-state index in [-0.39, 0.29) is 35.1 Å². The topological polar surface area (TPSA) is 98.4 Å². The number of aromatic nitrogens is 2. The van der Waals surface area contributed by atoms with Crippen LogP contribution in [0.15, 0.2) is 57.3 Å². The van der Waals surface area contributed by atoms with E-state index in [9.17, 15) is 24.3 Å². The first-order valence-electron chi connectivity index (χ1n) is 10.0. The number of para-hydroxylation sites is 1. The molecule has 0 fully saturated rings. The summed E-state index contributed by atoms with van der Waals surface area (Å²) in [7, 11) is 1.56. The molecule has 0 radical (unpaired) electrons. The maximum Gasteiger partial charge on any atom is 0.335 e. The molecular formula is C24H22N2O5. The average molecular weight is 418 g/mol. The van der Waals surface area contributed by atoms with Gasteiger partial charge in [0.05, 0.1) is 16.6 Å². The monoisotopic (exact) mass is 418 g/mol. The zero-order valence-corrected chi connectivity index (χ0v) is 17.6. The van der Waals surface area contributed by atoms with Gasteiger partial charge in [0.2, 0.25) is 0 Å². The lowest BCUT2D eigenvalue weighted by Gasteiger charge is -2.16. The van der Waals surface area contributed by atoms with Crippen molar-refractivity contribution in [2.45, 2.75) is 33.1 Å². The van der Waals surface area contributed by atoms with Crippen LogP contribution in [0.3, 0.4) is 0 Å². The number of nitrogens with zero attached hydrogens (tertiary/aromatic N) is 2. The Kier molecular flexibility index (Phi) is 4.97. The summed E-state index contributed by atoms with van der Waals surface area (Å²) < 4.78 is 2.48. The summed E-state index contributed by atoms with van der Waals surface area (Å²) in [4.78, 5) is 51.6. The average Bonchev–Trinajstić information content (AvgIpc) is 2.73. The van der Waals surface area contributed by atoms with Gasteiger partial charge < -0.3 is 5.11 Å². The molecule has 1 heterocycles. The number of hydrogen-bond acceptors (Lipinski definition) is 5. The lowest BCUT2D eigenvalue weighted by molar-refractivity contribution is -0.116. The molecule has 0 bridgehead atoms. The van der Waals surface area contributed by atoms with E-state index in [1.54, 1.807) is 7.05 Å². The number of allylic oxidation sites excluding steroid dienone is 2. The first-order chi connectivity index (χ1) is 14.7. The number of aliphatic hydroxyl groups is 1. The van der Waals surface area contributed by atoms with E-state index < -0.39 is 22.8 Å². The van der Waals surface area contributed by atoms with Crippen molar-refractivity contribution < 1.29 is 14.7 Å². The van der Waals surface area contributed by atoms with E-state index in [0.29, 0.717) is 17.6 Å². The highest BCUT2D eigenvalue weighted by Gasteiger charge is 2.28. The van der Waals surface area contributed by atoms with Gasteiger partial charge in [-0.1, -0.05) is 18.2 Å². The molecule has 1 N–H and O–H groups in total. The van der Waals surface area contributed by atoms with E-state index >= 15 is 0 Å². The number of carbonyl (C=O) groups excluding carboxylic acids is 2. The van der Waals surface area contributed by atoms with Crippen molar-refractivity contribution in [2.75, 3.05) is 0 Å². The Morgan fingerprint density at radius 1 is 1.00 bits per heavy atom. The third kappa shape index (κ3) is 3.22. The standard InChI is InChI=1S/C24H22N2O5/c1-13-6-4-7-14(2)21(13)26-23(30)16-12-15(10-11-17(16)25(3)24(26)31)22(29)20-18(27)8-5-9-19(20)28/h4,6-7,10-12,27H,5,8-9H2,1-3H3. The molecule has 0 saturated carbocycles. The van der Waals surface area contributed by atoms with Crippen LogP contribution in [0.4, 0.5) is 0 Å². The number of fused-ring (bicyclic) bond motifs is 1. The SMILES string of the molecule is Cc1cccc(C)c1-n1c(=O)c2cc(C(=O)C3=C(O)CCCC3=O)ccc2n(C)c1=O. The fraction of sp³-hybridized carbons (Fsp3) is 0.250. The first-order valence-corrected chi connectivity index (χ1v) is 10.0. The summed E-state index contributed by atoms with van der Waals surface area (Å²) in [5, 5.41) is 10.3. The van der Waals surface area contributed by atoms with E-state index in [1.165, 1.54) is 22.8 Å². The third-order valence-corrected chi connectivity index (χ3v) is 5.81. The van der Waals surface area contributed by atoms with Crippen molar-refractivity contribution in [1.82, 2.24) is 9.13 Å². The molecule has 1 aromatic heterocycles. The molecule has 1 aliphatic rings. The largest absolute Gasteiger partial charge is 0.511 e. The summed E-state index contributed by atoms with van der Waals surface area (Å²) in [6.45, 7) is 3.64. The van der Waals surface area contributed by atoms with Crippen LogP contribution >= 0.6 is 0 Å². The van der Waals surface area contributed by atoms with Gasteiger partial charge in [0.25, 0.3) is 5.56 Å². The second kappa shape index (κ2) is 7.50. The van der Waals surface area contributed by atoms with E-state index in [4.69, 9.17) is 0 Å². The molecule has 0 aliphatic heterocycles. The number of carbonyl (C=O) groups is 2. The van der Waals surface area contributed by atoms with Gasteiger partial charge in [0.1, 0.15) is 11.3 Å². The lowest BCUT2D eigenvalue weighted by Crippen LogP contribution is -2.38. The maximum absolute atomic E-state index is 13.4. The summed E-state index contributed by atoms with van der Waals surface area (Å²) in [5.41, 5.74) is 1.30. The van der Waals surface area contributed by atoms with Gasteiger partial charge in [0.15, 0.2) is 11.6 Å². The molecule has 2 aromatic carbocycles. The predicted octanol–water partition coefficient (Wildman–Crippen LogP) is 3.05. The number of Topliss-reactive ketones (excluding diaryl/α,β-unsaturated/α-hetero) is 2. The number of benzene rings is 2. The van der Waals surface area contributed by atoms with Gasteiger partial charge in [-0.3, -0.25) is 19.0 Å². The molecule has 3 aromatic rings. The van der Waals surface area contributed by atoms with Crippen molar-refractivity contribution in [3.05, 3.63) is 85.3 Å². The molecule has 7 nitrogen and oxygen atoms in total. The molecule has 158 valence electrons. The van der Waals surface area contributed by atoms with Crippen molar-refractivity contribution >= 4 is 22.5 Å². The molecular weight excluding hydrogens is 396 g/mol. The molecule has 0 amide bonds. The van der Waals surface area contributed by atoms with E-state index in [1.807, 2.05) is 32.0 Å². The fourth-order valence-corrected chi connectivity index (χ4v) is 4.19. The Labute approximate surface area is 177 Å². The molecule has 1 aliphatic carbocycles. The minimum Gasteiger partial charge on any atom is -0.511 e. The Balaban J connectivity index is 1.99. The quantitative estimate of drug-likeness (QED) is 0.521. The van der Waals surface area contributed by atoms with Crippen molar-refractivity contribution in [2.24, 2.45) is 7.05 Å². The summed E-state index contributed by atoms with van der Waals surface area (Å²) in [6, 6.07) is 9.87. The van der Waals surface area contributed by atoms with Crippen molar-refractivity contribution in [3.8, 4) is 5.69 Å². The molecule has 0 spiro atoms. The molecule has 0 atom stereocenters. The molecule has 0 unspecified atom stereocenters. The Hall–Kier alpha value is -3.74. The number of aryl methyl sites for hydroxylation is 3. The number of hydrogen-bond donors (Lipinski definition) is 1. The van der Waals surface area contributed by atoms with Gasteiger partial charge in [-0.25, -0.2) is 9.36 Å². The Bertz CT molecular complexity index is 1400. The van der Waals surface area contributed by atoms with Crippen LogP contribution in [-0.2, 0) is 11.8 Å². The second-order valence-electron chi connectivity index (χ2n) is 7.88. The van der Waals surface area contributed by atoms with Crippen LogP contribution in [0.5, 0.6) is 0 Å². The highest BCUT2D eigenvalue weighted by Crippen LogP contribution is 2.24. The molecule has 4 rings (SSSR count). The zero-order chi connectivity index (χ0) is 22.4. The van der Waals surface area contributed by atoms with Crippen LogP contribution in [0.25, 0.3) is 16.6 Å². The lowest BCUT2D eigenvalue weighted by atomic mass is 9.90. The summed E-state index contributed by atoms with van der Waals surface area (Å²) in [5.74, 6) is -1.23. The number of ketones is 2. The molecule has 31 heavy (non-hydrogen) atoms. The van der Waals surface area contributed by atoms with Crippen LogP contribution in [0, 0.1) is 13.8 Å². The smallest absolute Gasteiger partial charge is 0.335 e. The van der Waals surface area contributed by atoms with Crippen LogP contribution in [0.2, 0.25) is 0 Å². The van der Waals surface area contributed by atoms with Gasteiger partial charge >= 0.3 is 5.69 Å². The fourth-order valence-electron chi connectivity index (χ4n) is 4.19. The van der Waals surface area contributed by atoms with Crippen LogP contribution < -0.4 is 11.2 Å². The Morgan fingerprint density at radius 2 is 1.68 bits per heavy atom. The van der Waals surface area contributed by atoms with E-state index in [0.717, 1.165) is 15.7 Å². The summed E-state index contributed by atoms with van der Waals surface area (Å²) >= 11 is 0. The highest BCUT2D eigenvalue weighted by molar-refractivity contribution is 6.27. The normalized spacial score (nSPS) is 14.4. The number of rotatable bonds is 3. The van der Waals surface area contributed by atoms with Crippen molar-refractivity contribution in [3.63, 3.8) is 0 Å². The highest BCUT2D eigenvalue weighted by atomic mass is 16.3. The second-order valence-corrected chi connectivity index (χ2v) is 7.88. The van der Waals surface area contributed by atoms with Crippen LogP contribution in [-0.4, -0.2) is 25.8 Å². The van der Waals surface area contributed by atoms with E-state index in [2.05, 4.69) is 0 Å². The minimum atomic E-state index is -0.615. The Morgan fingerprint density at radius 3 is 2.32 bits per heavy atom. The molecule has 7 heteroatoms. The van der Waals surface area contributed by atoms with Gasteiger partial charge in [-0.15, -0.1) is 0 Å². The molecule has 0 saturated heterocycles. The van der Waals surface area contributed by atoms with Crippen molar-refractivity contribution in [1.29, 1.82) is 0 Å². The predicted molar refractivity (Wildman–Crippen MR) is 117 cm³/mol. The van der Waals surface area contributed by atoms with Gasteiger partial charge in [-0.2, -0.15) is 0 Å². The third-order valence-electron chi connectivity index (χ3n) is 5.81. The first kappa shape index (κ1) is 20.5. The maximum atomic E-state index is 13.4. The number of aliphatic hydroxyl groups excluding tert-OH is 1. The minimum absolute atomic E-state index is 0.119. The summed E-state index contributed by atoms with van der Waals surface area (Å²) in [6.07, 6.45) is 0.975. The van der Waals surface area contributed by atoms with Gasteiger partial charge in [0, 0.05) is 25.5 Å². The van der Waals surface area contributed by atoms with Gasteiger partial charge in [-0.05, 0) is 49.6 Å². The zero-order valence-electron chi connectivity index (χ0n) is 17.6.